The second kappa shape index (κ2) is 12.5. The molecule has 0 aliphatic carbocycles. The van der Waals surface area contributed by atoms with E-state index in [1.165, 1.54) is 12.1 Å². The number of amides is 2. The third kappa shape index (κ3) is 6.67. The first kappa shape index (κ1) is 29.0. The number of carbonyl (C=O) groups excluding carboxylic acids is 2. The lowest BCUT2D eigenvalue weighted by atomic mass is 9.97. The Bertz CT molecular complexity index is 1530. The van der Waals surface area contributed by atoms with Gasteiger partial charge < -0.3 is 25.5 Å². The summed E-state index contributed by atoms with van der Waals surface area (Å²) in [7, 11) is 3.84. The second-order valence-electron chi connectivity index (χ2n) is 10.7. The normalized spacial score (nSPS) is 16.5. The molecule has 2 amide bonds. The predicted molar refractivity (Wildman–Crippen MR) is 162 cm³/mol. The van der Waals surface area contributed by atoms with Crippen molar-refractivity contribution in [1.82, 2.24) is 9.80 Å². The van der Waals surface area contributed by atoms with E-state index in [-0.39, 0.29) is 18.2 Å². The molecule has 0 spiro atoms. The number of aliphatic carboxylic acids is 1. The summed E-state index contributed by atoms with van der Waals surface area (Å²) in [6, 6.07) is 18.9. The highest BCUT2D eigenvalue weighted by Crippen LogP contribution is 2.38. The third-order valence-electron chi connectivity index (χ3n) is 7.67. The summed E-state index contributed by atoms with van der Waals surface area (Å²) in [6.45, 7) is 3.95. The Hall–Kier alpha value is -4.54. The largest absolute Gasteiger partial charge is 0.481 e. The minimum Gasteiger partial charge on any atom is -0.481 e. The van der Waals surface area contributed by atoms with Gasteiger partial charge in [-0.15, -0.1) is 0 Å². The van der Waals surface area contributed by atoms with Crippen LogP contribution in [0.3, 0.4) is 0 Å². The number of carboxylic acid groups (broad SMARTS) is 1. The molecule has 0 saturated carbocycles. The number of nitrogens with one attached hydrogen (secondary N) is 2. The van der Waals surface area contributed by atoms with Crippen LogP contribution in [-0.2, 0) is 20.8 Å². The SMILES string of the molecule is CN1CCN(CC(=O)N(C)c2ccc(N/C(=C3\C(=O)Nc4cc(F)ccc43)c3cccc(CCC(=O)O)c3)cc2)CC1. The molecule has 10 heteroatoms. The summed E-state index contributed by atoms with van der Waals surface area (Å²) in [5.41, 5.74) is 4.71. The van der Waals surface area contributed by atoms with Crippen molar-refractivity contribution in [3.8, 4) is 0 Å². The number of likely N-dealkylation sites (N-methyl/N-ethyl adjacent to an activating group) is 2. The minimum absolute atomic E-state index is 0.00714. The van der Waals surface area contributed by atoms with Crippen LogP contribution in [0.4, 0.5) is 21.5 Å². The first-order valence-corrected chi connectivity index (χ1v) is 13.9. The molecule has 9 nitrogen and oxygen atoms in total. The van der Waals surface area contributed by atoms with E-state index in [4.69, 9.17) is 5.11 Å². The maximum Gasteiger partial charge on any atom is 0.303 e. The van der Waals surface area contributed by atoms with Crippen LogP contribution in [0.2, 0.25) is 0 Å². The van der Waals surface area contributed by atoms with Gasteiger partial charge in [0.1, 0.15) is 5.82 Å². The highest BCUT2D eigenvalue weighted by molar-refractivity contribution is 6.37. The number of anilines is 3. The number of hydrogen-bond acceptors (Lipinski definition) is 6. The topological polar surface area (TPSA) is 105 Å². The molecule has 0 aromatic heterocycles. The average molecular weight is 572 g/mol. The van der Waals surface area contributed by atoms with Crippen LogP contribution in [0.5, 0.6) is 0 Å². The zero-order valence-electron chi connectivity index (χ0n) is 23.7. The number of piperazine rings is 1. The Labute approximate surface area is 244 Å². The quantitative estimate of drug-likeness (QED) is 0.334. The van der Waals surface area contributed by atoms with E-state index in [1.807, 2.05) is 48.5 Å². The van der Waals surface area contributed by atoms with E-state index in [1.54, 1.807) is 18.0 Å². The van der Waals surface area contributed by atoms with E-state index in [0.29, 0.717) is 46.7 Å². The minimum atomic E-state index is -0.893. The van der Waals surface area contributed by atoms with Crippen LogP contribution in [0.15, 0.2) is 66.7 Å². The van der Waals surface area contributed by atoms with Crippen LogP contribution in [-0.4, -0.2) is 79.5 Å². The molecule has 5 rings (SSSR count). The van der Waals surface area contributed by atoms with Crippen molar-refractivity contribution in [2.24, 2.45) is 0 Å². The number of carbonyl (C=O) groups is 3. The van der Waals surface area contributed by atoms with Gasteiger partial charge in [0.25, 0.3) is 5.91 Å². The highest BCUT2D eigenvalue weighted by atomic mass is 19.1. The Morgan fingerprint density at radius 3 is 2.48 bits per heavy atom. The van der Waals surface area contributed by atoms with Gasteiger partial charge in [-0.1, -0.05) is 18.2 Å². The molecule has 3 aromatic carbocycles. The van der Waals surface area contributed by atoms with E-state index < -0.39 is 11.8 Å². The summed E-state index contributed by atoms with van der Waals surface area (Å²) in [6.07, 6.45) is 0.316. The summed E-state index contributed by atoms with van der Waals surface area (Å²) in [5, 5.41) is 15.3. The predicted octanol–water partition coefficient (Wildman–Crippen LogP) is 3.99. The van der Waals surface area contributed by atoms with Crippen molar-refractivity contribution in [1.29, 1.82) is 0 Å². The fraction of sp³-hybridized carbons (Fsp3) is 0.281. The molecule has 218 valence electrons. The Balaban J connectivity index is 1.42. The monoisotopic (exact) mass is 571 g/mol. The lowest BCUT2D eigenvalue weighted by Crippen LogP contribution is -2.48. The summed E-state index contributed by atoms with van der Waals surface area (Å²) in [5.74, 6) is -1.72. The lowest BCUT2D eigenvalue weighted by Gasteiger charge is -2.32. The van der Waals surface area contributed by atoms with Gasteiger partial charge in [0, 0.05) is 56.6 Å². The molecule has 0 unspecified atom stereocenters. The second-order valence-corrected chi connectivity index (χ2v) is 10.7. The van der Waals surface area contributed by atoms with E-state index >= 15 is 0 Å². The zero-order chi connectivity index (χ0) is 29.8. The molecule has 3 N–H and O–H groups in total. The van der Waals surface area contributed by atoms with Crippen molar-refractivity contribution in [2.75, 3.05) is 62.4 Å². The van der Waals surface area contributed by atoms with Crippen molar-refractivity contribution >= 4 is 46.1 Å². The number of aryl methyl sites for hydroxylation is 1. The van der Waals surface area contributed by atoms with Crippen LogP contribution < -0.4 is 15.5 Å². The number of halogens is 1. The van der Waals surface area contributed by atoms with E-state index in [2.05, 4.69) is 27.5 Å². The molecule has 2 aliphatic rings. The number of fused-ring (bicyclic) bond motifs is 1. The first-order chi connectivity index (χ1) is 20.2. The summed E-state index contributed by atoms with van der Waals surface area (Å²) in [4.78, 5) is 43.3. The van der Waals surface area contributed by atoms with Crippen molar-refractivity contribution in [3.05, 3.63) is 89.2 Å². The Kier molecular flexibility index (Phi) is 8.65. The molecule has 0 bridgehead atoms. The molecule has 2 heterocycles. The van der Waals surface area contributed by atoms with E-state index in [0.717, 1.165) is 37.4 Å². The highest BCUT2D eigenvalue weighted by Gasteiger charge is 2.29. The number of carboxylic acids is 1. The van der Waals surface area contributed by atoms with Gasteiger partial charge in [-0.05, 0) is 73.1 Å². The first-order valence-electron chi connectivity index (χ1n) is 13.9. The maximum atomic E-state index is 13.9. The Morgan fingerprint density at radius 1 is 1.02 bits per heavy atom. The van der Waals surface area contributed by atoms with Gasteiger partial charge in [0.2, 0.25) is 5.91 Å². The molecule has 42 heavy (non-hydrogen) atoms. The van der Waals surface area contributed by atoms with Crippen molar-refractivity contribution < 1.29 is 23.9 Å². The molecular formula is C32H34FN5O4. The lowest BCUT2D eigenvalue weighted by molar-refractivity contribution is -0.137. The van der Waals surface area contributed by atoms with E-state index in [9.17, 15) is 18.8 Å². The van der Waals surface area contributed by atoms with Gasteiger partial charge >= 0.3 is 5.97 Å². The van der Waals surface area contributed by atoms with Crippen molar-refractivity contribution in [3.63, 3.8) is 0 Å². The van der Waals surface area contributed by atoms with Gasteiger partial charge in [-0.25, -0.2) is 4.39 Å². The van der Waals surface area contributed by atoms with Crippen LogP contribution in [0, 0.1) is 5.82 Å². The van der Waals surface area contributed by atoms with Gasteiger partial charge in [-0.2, -0.15) is 0 Å². The number of hydrogen-bond donors (Lipinski definition) is 3. The average Bonchev–Trinajstić information content (AvgIpc) is 3.30. The molecule has 1 fully saturated rings. The van der Waals surface area contributed by atoms with Crippen LogP contribution in [0.1, 0.15) is 23.1 Å². The standard InChI is InChI=1S/C32H34FN5O4/c1-36-14-16-38(17-15-36)20-28(39)37(2)25-10-8-24(9-11-25)34-31(22-5-3-4-21(18-22)6-13-29(40)41)30-26-12-7-23(33)19-27(26)35-32(30)42/h3-5,7-12,18-19,34H,6,13-17,20H2,1-2H3,(H,35,42)(H,40,41)/b31-30-. The van der Waals surface area contributed by atoms with Crippen LogP contribution in [0.25, 0.3) is 11.3 Å². The smallest absolute Gasteiger partial charge is 0.303 e. The zero-order valence-corrected chi connectivity index (χ0v) is 23.7. The molecule has 2 aliphatic heterocycles. The fourth-order valence-corrected chi connectivity index (χ4v) is 5.17. The van der Waals surface area contributed by atoms with Crippen LogP contribution >= 0.6 is 0 Å². The number of nitrogens with zero attached hydrogens (tertiary/aromatic N) is 3. The van der Waals surface area contributed by atoms with Gasteiger partial charge in [0.15, 0.2) is 0 Å². The molecule has 3 aromatic rings. The summed E-state index contributed by atoms with van der Waals surface area (Å²) >= 11 is 0. The summed E-state index contributed by atoms with van der Waals surface area (Å²) < 4.78 is 13.9. The van der Waals surface area contributed by atoms with Crippen molar-refractivity contribution in [2.45, 2.75) is 12.8 Å². The molecule has 1 saturated heterocycles. The molecule has 0 radical (unpaired) electrons. The van der Waals surface area contributed by atoms with Gasteiger partial charge in [0.05, 0.1) is 23.5 Å². The van der Waals surface area contributed by atoms with Gasteiger partial charge in [-0.3, -0.25) is 19.3 Å². The third-order valence-corrected chi connectivity index (χ3v) is 7.67. The number of rotatable bonds is 9. The fourth-order valence-electron chi connectivity index (χ4n) is 5.17. The molecular weight excluding hydrogens is 537 g/mol. The molecule has 0 atom stereocenters. The maximum absolute atomic E-state index is 13.9. The Morgan fingerprint density at radius 2 is 1.76 bits per heavy atom. The number of benzene rings is 3.